The summed E-state index contributed by atoms with van der Waals surface area (Å²) in [6, 6.07) is 7.01. The number of benzene rings is 1. The molecule has 0 amide bonds. The molecular formula is C14H16N4O2S. The van der Waals surface area contributed by atoms with Crippen LogP contribution in [-0.4, -0.2) is 21.4 Å². The smallest absolute Gasteiger partial charge is 0.292 e. The van der Waals surface area contributed by atoms with Crippen LogP contribution in [-0.2, 0) is 5.75 Å². The average molecular weight is 304 g/mol. The van der Waals surface area contributed by atoms with Crippen LogP contribution in [0.4, 0.5) is 11.4 Å². The fourth-order valence-corrected chi connectivity index (χ4v) is 2.53. The van der Waals surface area contributed by atoms with Crippen molar-refractivity contribution in [2.24, 2.45) is 0 Å². The molecule has 0 aliphatic rings. The Bertz CT molecular complexity index is 607. The van der Waals surface area contributed by atoms with E-state index < -0.39 is 0 Å². The minimum absolute atomic E-state index is 0.110. The number of rotatable bonds is 7. The predicted molar refractivity (Wildman–Crippen MR) is 83.5 cm³/mol. The van der Waals surface area contributed by atoms with Crippen LogP contribution in [0.1, 0.15) is 18.9 Å². The monoisotopic (exact) mass is 304 g/mol. The van der Waals surface area contributed by atoms with Crippen LogP contribution in [0.2, 0.25) is 0 Å². The van der Waals surface area contributed by atoms with Crippen LogP contribution in [0.3, 0.4) is 0 Å². The highest BCUT2D eigenvalue weighted by Crippen LogP contribution is 2.28. The van der Waals surface area contributed by atoms with Gasteiger partial charge in [0.05, 0.1) is 9.95 Å². The molecule has 2 rings (SSSR count). The van der Waals surface area contributed by atoms with Gasteiger partial charge in [0.2, 0.25) is 0 Å². The van der Waals surface area contributed by atoms with Crippen molar-refractivity contribution in [2.75, 3.05) is 11.9 Å². The van der Waals surface area contributed by atoms with E-state index in [0.717, 1.165) is 17.0 Å². The maximum absolute atomic E-state index is 11.0. The van der Waals surface area contributed by atoms with Gasteiger partial charge in [-0.1, -0.05) is 13.0 Å². The van der Waals surface area contributed by atoms with Crippen LogP contribution in [0.5, 0.6) is 0 Å². The Hall–Kier alpha value is -2.15. The summed E-state index contributed by atoms with van der Waals surface area (Å²) in [5.41, 5.74) is 1.70. The molecule has 0 radical (unpaired) electrons. The normalized spacial score (nSPS) is 10.3. The van der Waals surface area contributed by atoms with Gasteiger partial charge in [0.25, 0.3) is 5.69 Å². The SMILES string of the molecule is CCCNc1cc(CSc2ccncn2)ccc1[N+](=O)[O-]. The van der Waals surface area contributed by atoms with Crippen molar-refractivity contribution in [1.82, 2.24) is 9.97 Å². The van der Waals surface area contributed by atoms with E-state index in [-0.39, 0.29) is 10.6 Å². The predicted octanol–water partition coefficient (Wildman–Crippen LogP) is 3.50. The molecule has 0 saturated heterocycles. The maximum atomic E-state index is 11.0. The van der Waals surface area contributed by atoms with Crippen LogP contribution in [0.15, 0.2) is 41.8 Å². The maximum Gasteiger partial charge on any atom is 0.292 e. The first-order valence-electron chi connectivity index (χ1n) is 6.60. The number of aromatic nitrogens is 2. The highest BCUT2D eigenvalue weighted by atomic mass is 32.2. The summed E-state index contributed by atoms with van der Waals surface area (Å²) in [4.78, 5) is 18.7. The zero-order valence-electron chi connectivity index (χ0n) is 11.7. The van der Waals surface area contributed by atoms with Crippen molar-refractivity contribution in [3.05, 3.63) is 52.5 Å². The summed E-state index contributed by atoms with van der Waals surface area (Å²) in [7, 11) is 0. The molecule has 0 aliphatic heterocycles. The molecule has 1 heterocycles. The van der Waals surface area contributed by atoms with Gasteiger partial charge in [-0.3, -0.25) is 10.1 Å². The summed E-state index contributed by atoms with van der Waals surface area (Å²) in [5, 5.41) is 15.0. The molecule has 0 fully saturated rings. The fourth-order valence-electron chi connectivity index (χ4n) is 1.75. The quantitative estimate of drug-likeness (QED) is 0.365. The van der Waals surface area contributed by atoms with Crippen molar-refractivity contribution in [3.8, 4) is 0 Å². The first-order chi connectivity index (χ1) is 10.2. The summed E-state index contributed by atoms with van der Waals surface area (Å²) >= 11 is 1.57. The molecule has 110 valence electrons. The van der Waals surface area contributed by atoms with E-state index >= 15 is 0 Å². The first kappa shape index (κ1) is 15.2. The number of nitro groups is 1. The summed E-state index contributed by atoms with van der Waals surface area (Å²) in [6.07, 6.45) is 4.11. The van der Waals surface area contributed by atoms with Gasteiger partial charge in [-0.05, 0) is 24.1 Å². The van der Waals surface area contributed by atoms with Crippen molar-refractivity contribution in [3.63, 3.8) is 0 Å². The standard InChI is InChI=1S/C14H16N4O2S/c1-2-6-16-12-8-11(3-4-13(12)18(19)20)9-21-14-5-7-15-10-17-14/h3-5,7-8,10,16H,2,6,9H2,1H3. The molecule has 0 spiro atoms. The molecule has 1 aromatic carbocycles. The highest BCUT2D eigenvalue weighted by molar-refractivity contribution is 7.98. The molecule has 6 nitrogen and oxygen atoms in total. The fraction of sp³-hybridized carbons (Fsp3) is 0.286. The van der Waals surface area contributed by atoms with E-state index in [1.165, 1.54) is 6.33 Å². The number of nitrogens with zero attached hydrogens (tertiary/aromatic N) is 3. The second-order valence-electron chi connectivity index (χ2n) is 4.37. The van der Waals surface area contributed by atoms with Crippen molar-refractivity contribution in [1.29, 1.82) is 0 Å². The van der Waals surface area contributed by atoms with Crippen LogP contribution in [0.25, 0.3) is 0 Å². The van der Waals surface area contributed by atoms with Crippen LogP contribution < -0.4 is 5.32 Å². The lowest BCUT2D eigenvalue weighted by atomic mass is 10.2. The zero-order chi connectivity index (χ0) is 15.1. The molecule has 1 aromatic heterocycles. The molecule has 7 heteroatoms. The van der Waals surface area contributed by atoms with E-state index in [2.05, 4.69) is 15.3 Å². The zero-order valence-corrected chi connectivity index (χ0v) is 12.5. The van der Waals surface area contributed by atoms with E-state index in [1.807, 2.05) is 19.1 Å². The van der Waals surface area contributed by atoms with Gasteiger partial charge < -0.3 is 5.32 Å². The van der Waals surface area contributed by atoms with Crippen molar-refractivity contribution >= 4 is 23.1 Å². The highest BCUT2D eigenvalue weighted by Gasteiger charge is 2.13. The second-order valence-corrected chi connectivity index (χ2v) is 5.37. The van der Waals surface area contributed by atoms with Gasteiger partial charge >= 0.3 is 0 Å². The number of nitrogens with one attached hydrogen (secondary N) is 1. The third-order valence-electron chi connectivity index (χ3n) is 2.76. The molecule has 0 unspecified atom stereocenters. The number of anilines is 1. The van der Waals surface area contributed by atoms with Gasteiger partial charge in [0.1, 0.15) is 12.0 Å². The molecule has 21 heavy (non-hydrogen) atoms. The van der Waals surface area contributed by atoms with Gasteiger partial charge in [0, 0.05) is 24.6 Å². The number of nitro benzene ring substituents is 1. The first-order valence-corrected chi connectivity index (χ1v) is 7.59. The third-order valence-corrected chi connectivity index (χ3v) is 3.78. The molecule has 0 atom stereocenters. The molecular weight excluding hydrogens is 288 g/mol. The lowest BCUT2D eigenvalue weighted by Gasteiger charge is -2.08. The summed E-state index contributed by atoms with van der Waals surface area (Å²) < 4.78 is 0. The molecule has 2 aromatic rings. The summed E-state index contributed by atoms with van der Waals surface area (Å²) in [5.74, 6) is 0.704. The van der Waals surface area contributed by atoms with Crippen LogP contribution >= 0.6 is 11.8 Å². The molecule has 1 N–H and O–H groups in total. The van der Waals surface area contributed by atoms with E-state index in [0.29, 0.717) is 18.0 Å². The molecule has 0 aliphatic carbocycles. The van der Waals surface area contributed by atoms with Crippen molar-refractivity contribution in [2.45, 2.75) is 24.1 Å². The average Bonchev–Trinajstić information content (AvgIpc) is 2.51. The van der Waals surface area contributed by atoms with E-state index in [1.54, 1.807) is 30.1 Å². The molecule has 0 bridgehead atoms. The largest absolute Gasteiger partial charge is 0.379 e. The molecule has 0 saturated carbocycles. The van der Waals surface area contributed by atoms with E-state index in [4.69, 9.17) is 0 Å². The minimum atomic E-state index is -0.362. The van der Waals surface area contributed by atoms with Gasteiger partial charge in [0.15, 0.2) is 0 Å². The Balaban J connectivity index is 2.11. The van der Waals surface area contributed by atoms with Gasteiger partial charge in [-0.15, -0.1) is 11.8 Å². The number of hydrogen-bond donors (Lipinski definition) is 1. The Morgan fingerprint density at radius 2 is 2.24 bits per heavy atom. The number of thioether (sulfide) groups is 1. The van der Waals surface area contributed by atoms with Gasteiger partial charge in [-0.25, -0.2) is 9.97 Å². The Morgan fingerprint density at radius 1 is 1.38 bits per heavy atom. The summed E-state index contributed by atoms with van der Waals surface area (Å²) in [6.45, 7) is 2.73. The van der Waals surface area contributed by atoms with Gasteiger partial charge in [-0.2, -0.15) is 0 Å². The third kappa shape index (κ3) is 4.42. The topological polar surface area (TPSA) is 81.0 Å². The van der Waals surface area contributed by atoms with E-state index in [9.17, 15) is 10.1 Å². The Morgan fingerprint density at radius 3 is 2.90 bits per heavy atom. The van der Waals surface area contributed by atoms with Crippen molar-refractivity contribution < 1.29 is 4.92 Å². The minimum Gasteiger partial charge on any atom is -0.379 e. The Kier molecular flexibility index (Phi) is 5.51. The number of hydrogen-bond acceptors (Lipinski definition) is 6. The lowest BCUT2D eigenvalue weighted by Crippen LogP contribution is -2.03. The second kappa shape index (κ2) is 7.58. The van der Waals surface area contributed by atoms with Crippen LogP contribution in [0, 0.1) is 10.1 Å². The lowest BCUT2D eigenvalue weighted by molar-refractivity contribution is -0.384. The Labute approximate surface area is 127 Å².